The van der Waals surface area contributed by atoms with E-state index in [9.17, 15) is 14.0 Å². The van der Waals surface area contributed by atoms with Crippen LogP contribution in [0.25, 0.3) is 0 Å². The molecule has 1 aromatic carbocycles. The van der Waals surface area contributed by atoms with Gasteiger partial charge in [0.25, 0.3) is 5.91 Å². The molecule has 8 nitrogen and oxygen atoms in total. The predicted molar refractivity (Wildman–Crippen MR) is 121 cm³/mol. The Kier molecular flexibility index (Phi) is 6.34. The van der Waals surface area contributed by atoms with Gasteiger partial charge in [0.05, 0.1) is 34.4 Å². The number of aromatic nitrogens is 2. The van der Waals surface area contributed by atoms with Crippen molar-refractivity contribution < 1.29 is 18.7 Å². The van der Waals surface area contributed by atoms with E-state index in [2.05, 4.69) is 15.3 Å². The van der Waals surface area contributed by atoms with E-state index in [1.807, 2.05) is 0 Å². The number of benzene rings is 1. The predicted octanol–water partition coefficient (Wildman–Crippen LogP) is 3.19. The highest BCUT2D eigenvalue weighted by molar-refractivity contribution is 6.31. The minimum atomic E-state index is -0.508. The third-order valence-electron chi connectivity index (χ3n) is 5.95. The summed E-state index contributed by atoms with van der Waals surface area (Å²) in [5, 5.41) is 11.7. The quantitative estimate of drug-likeness (QED) is 0.693. The van der Waals surface area contributed by atoms with Gasteiger partial charge in [0.2, 0.25) is 5.91 Å². The van der Waals surface area contributed by atoms with Crippen molar-refractivity contribution in [2.75, 3.05) is 13.1 Å². The number of hydrogen-bond acceptors (Lipinski definition) is 6. The molecule has 0 bridgehead atoms. The standard InChI is InChI=1S/C23H25ClFN5O3/c1-11-21(24)12(2)28-22(27-11)18-9-30(10-19(18)26)23(32)17-5-4-14(25)6-20(17)33-16-7-15(8-16)29-13(3)31/h4-6,15-16,18,26H,7-10H2,1-3H3,(H,29,31). The molecule has 1 saturated heterocycles. The van der Waals surface area contributed by atoms with Gasteiger partial charge in [-0.1, -0.05) is 11.6 Å². The Morgan fingerprint density at radius 2 is 1.91 bits per heavy atom. The van der Waals surface area contributed by atoms with Gasteiger partial charge in [-0.15, -0.1) is 0 Å². The fraction of sp³-hybridized carbons (Fsp3) is 0.435. The summed E-state index contributed by atoms with van der Waals surface area (Å²) in [4.78, 5) is 34.8. The molecular formula is C23H25ClFN5O3. The summed E-state index contributed by atoms with van der Waals surface area (Å²) < 4.78 is 19.8. The van der Waals surface area contributed by atoms with Crippen LogP contribution in [0.4, 0.5) is 4.39 Å². The summed E-state index contributed by atoms with van der Waals surface area (Å²) >= 11 is 6.17. The van der Waals surface area contributed by atoms with Crippen molar-refractivity contribution in [3.8, 4) is 5.75 Å². The molecule has 2 fully saturated rings. The Balaban J connectivity index is 1.49. The van der Waals surface area contributed by atoms with Crippen molar-refractivity contribution in [1.29, 1.82) is 5.41 Å². The Labute approximate surface area is 196 Å². The molecule has 10 heteroatoms. The Morgan fingerprint density at radius 3 is 2.55 bits per heavy atom. The van der Waals surface area contributed by atoms with Crippen LogP contribution in [0.15, 0.2) is 18.2 Å². The Hall–Kier alpha value is -3.07. The summed E-state index contributed by atoms with van der Waals surface area (Å²) in [6, 6.07) is 3.84. The van der Waals surface area contributed by atoms with E-state index in [4.69, 9.17) is 21.7 Å². The van der Waals surface area contributed by atoms with Crippen LogP contribution in [-0.2, 0) is 4.79 Å². The minimum Gasteiger partial charge on any atom is -0.489 e. The van der Waals surface area contributed by atoms with Gasteiger partial charge in [0, 0.05) is 44.1 Å². The van der Waals surface area contributed by atoms with Crippen molar-refractivity contribution >= 4 is 29.1 Å². The summed E-state index contributed by atoms with van der Waals surface area (Å²) in [5.74, 6) is -0.775. The van der Waals surface area contributed by atoms with Crippen molar-refractivity contribution in [3.05, 3.63) is 51.8 Å². The lowest BCUT2D eigenvalue weighted by Gasteiger charge is -2.36. The maximum Gasteiger partial charge on any atom is 0.257 e. The zero-order valence-corrected chi connectivity index (χ0v) is 19.4. The first-order chi connectivity index (χ1) is 15.6. The summed E-state index contributed by atoms with van der Waals surface area (Å²) in [6.45, 7) is 5.37. The van der Waals surface area contributed by atoms with Crippen molar-refractivity contribution in [2.24, 2.45) is 0 Å². The van der Waals surface area contributed by atoms with Crippen LogP contribution in [0.3, 0.4) is 0 Å². The zero-order chi connectivity index (χ0) is 23.9. The average molecular weight is 474 g/mol. The first kappa shape index (κ1) is 23.1. The highest BCUT2D eigenvalue weighted by atomic mass is 35.5. The van der Waals surface area contributed by atoms with Gasteiger partial charge in [0.15, 0.2) is 0 Å². The number of halogens is 2. The van der Waals surface area contributed by atoms with E-state index in [1.165, 1.54) is 30.0 Å². The van der Waals surface area contributed by atoms with Crippen molar-refractivity contribution in [3.63, 3.8) is 0 Å². The maximum atomic E-state index is 13.9. The molecule has 2 heterocycles. The number of hydrogen-bond donors (Lipinski definition) is 2. The number of carbonyl (C=O) groups excluding carboxylic acids is 2. The number of amides is 2. The van der Waals surface area contributed by atoms with Crippen LogP contribution in [0.5, 0.6) is 5.75 Å². The second-order valence-corrected chi connectivity index (χ2v) is 8.96. The van der Waals surface area contributed by atoms with Crippen molar-refractivity contribution in [2.45, 2.75) is 51.7 Å². The number of carbonyl (C=O) groups is 2. The van der Waals surface area contributed by atoms with Crippen LogP contribution in [0.1, 0.15) is 53.3 Å². The summed E-state index contributed by atoms with van der Waals surface area (Å²) in [6.07, 6.45) is 0.966. The lowest BCUT2D eigenvalue weighted by molar-refractivity contribution is -0.120. The molecule has 4 rings (SSSR count). The molecule has 0 radical (unpaired) electrons. The highest BCUT2D eigenvalue weighted by Crippen LogP contribution is 2.32. The van der Waals surface area contributed by atoms with Crippen LogP contribution >= 0.6 is 11.6 Å². The van der Waals surface area contributed by atoms with E-state index in [0.717, 1.165) is 0 Å². The smallest absolute Gasteiger partial charge is 0.257 e. The third kappa shape index (κ3) is 4.83. The van der Waals surface area contributed by atoms with E-state index < -0.39 is 11.7 Å². The first-order valence-electron chi connectivity index (χ1n) is 10.7. The Bertz CT molecular complexity index is 1110. The highest BCUT2D eigenvalue weighted by Gasteiger charge is 2.37. The molecule has 1 aliphatic heterocycles. The van der Waals surface area contributed by atoms with E-state index in [0.29, 0.717) is 40.8 Å². The van der Waals surface area contributed by atoms with Gasteiger partial charge in [-0.3, -0.25) is 9.59 Å². The topological polar surface area (TPSA) is 108 Å². The SMILES string of the molecule is CC(=O)NC1CC(Oc2cc(F)ccc2C(=O)N2CC(=N)C(c3nc(C)c(Cl)c(C)n3)C2)C1. The average Bonchev–Trinajstić information content (AvgIpc) is 3.11. The largest absolute Gasteiger partial charge is 0.489 e. The second-order valence-electron chi connectivity index (χ2n) is 8.58. The molecule has 2 amide bonds. The zero-order valence-electron chi connectivity index (χ0n) is 18.6. The van der Waals surface area contributed by atoms with E-state index in [1.54, 1.807) is 13.8 Å². The number of nitrogens with one attached hydrogen (secondary N) is 2. The molecule has 1 unspecified atom stereocenters. The lowest BCUT2D eigenvalue weighted by Crippen LogP contribution is -2.48. The second kappa shape index (κ2) is 9.05. The van der Waals surface area contributed by atoms with Gasteiger partial charge in [-0.05, 0) is 26.0 Å². The fourth-order valence-corrected chi connectivity index (χ4v) is 4.26. The number of likely N-dealkylation sites (tertiary alicyclic amines) is 1. The number of aryl methyl sites for hydroxylation is 2. The summed E-state index contributed by atoms with van der Waals surface area (Å²) in [5.41, 5.74) is 1.82. The molecule has 0 spiro atoms. The molecule has 1 aromatic heterocycles. The van der Waals surface area contributed by atoms with Crippen molar-refractivity contribution in [1.82, 2.24) is 20.2 Å². The monoisotopic (exact) mass is 473 g/mol. The normalized spacial score (nSPS) is 22.2. The van der Waals surface area contributed by atoms with Crippen LogP contribution in [0, 0.1) is 25.1 Å². The van der Waals surface area contributed by atoms with Gasteiger partial charge < -0.3 is 20.4 Å². The molecule has 174 valence electrons. The Morgan fingerprint density at radius 1 is 1.24 bits per heavy atom. The molecule has 2 aromatic rings. The van der Waals surface area contributed by atoms with Gasteiger partial charge in [-0.2, -0.15) is 0 Å². The number of nitrogens with zero attached hydrogens (tertiary/aromatic N) is 3. The molecule has 33 heavy (non-hydrogen) atoms. The van der Waals surface area contributed by atoms with Gasteiger partial charge in [-0.25, -0.2) is 14.4 Å². The lowest BCUT2D eigenvalue weighted by atomic mass is 9.89. The maximum absolute atomic E-state index is 13.9. The first-order valence-corrected chi connectivity index (χ1v) is 11.1. The molecule has 2 aliphatic rings. The van der Waals surface area contributed by atoms with Gasteiger partial charge in [0.1, 0.15) is 23.5 Å². The number of ether oxygens (including phenoxy) is 1. The third-order valence-corrected chi connectivity index (χ3v) is 6.50. The van der Waals surface area contributed by atoms with Crippen LogP contribution < -0.4 is 10.1 Å². The summed E-state index contributed by atoms with van der Waals surface area (Å²) in [7, 11) is 0. The van der Waals surface area contributed by atoms with Gasteiger partial charge >= 0.3 is 0 Å². The molecule has 2 N–H and O–H groups in total. The van der Waals surface area contributed by atoms with Crippen LogP contribution in [0.2, 0.25) is 5.02 Å². The number of rotatable bonds is 5. The molecule has 1 atom stereocenters. The minimum absolute atomic E-state index is 0.0197. The van der Waals surface area contributed by atoms with Crippen LogP contribution in [-0.4, -0.2) is 57.6 Å². The van der Waals surface area contributed by atoms with E-state index >= 15 is 0 Å². The van der Waals surface area contributed by atoms with E-state index in [-0.39, 0.29) is 48.4 Å². The molecular weight excluding hydrogens is 449 g/mol. The fourth-order valence-electron chi connectivity index (χ4n) is 4.18. The molecule has 1 aliphatic carbocycles. The molecule has 1 saturated carbocycles.